The maximum Gasteiger partial charge on any atom is 0.228 e. The first-order valence-electron chi connectivity index (χ1n) is 6.86. The molecule has 1 aliphatic heterocycles. The third-order valence-corrected chi connectivity index (χ3v) is 4.78. The zero-order valence-corrected chi connectivity index (χ0v) is 11.8. The van der Waals surface area contributed by atoms with E-state index in [4.69, 9.17) is 16.9 Å². The summed E-state index contributed by atoms with van der Waals surface area (Å²) >= 11 is 5.97. The molecule has 5 heteroatoms. The van der Waals surface area contributed by atoms with E-state index in [9.17, 15) is 4.79 Å². The van der Waals surface area contributed by atoms with Crippen molar-refractivity contribution >= 4 is 23.2 Å². The Bertz CT molecular complexity index is 587. The van der Waals surface area contributed by atoms with Crippen LogP contribution in [0.25, 0.3) is 0 Å². The van der Waals surface area contributed by atoms with Gasteiger partial charge in [0, 0.05) is 11.6 Å². The number of benzene rings is 1. The summed E-state index contributed by atoms with van der Waals surface area (Å²) in [5, 5.41) is 15.4. The van der Waals surface area contributed by atoms with Crippen molar-refractivity contribution in [3.63, 3.8) is 0 Å². The number of carbonyl (C=O) groups is 1. The molecule has 0 radical (unpaired) electrons. The van der Waals surface area contributed by atoms with E-state index >= 15 is 0 Å². The Morgan fingerprint density at radius 2 is 2.20 bits per heavy atom. The van der Waals surface area contributed by atoms with Gasteiger partial charge in [-0.05, 0) is 56.0 Å². The molecule has 1 amide bonds. The number of nitrogens with zero attached hydrogens (tertiary/aromatic N) is 1. The topological polar surface area (TPSA) is 64.9 Å². The highest BCUT2D eigenvalue weighted by atomic mass is 35.5. The van der Waals surface area contributed by atoms with E-state index in [-0.39, 0.29) is 17.2 Å². The molecule has 2 N–H and O–H groups in total. The molecular formula is C15H16ClN3O. The maximum atomic E-state index is 12.3. The van der Waals surface area contributed by atoms with Crippen molar-refractivity contribution in [2.24, 2.45) is 11.3 Å². The number of piperidine rings is 1. The molecule has 1 aliphatic carbocycles. The molecule has 1 aromatic rings. The zero-order chi connectivity index (χ0) is 14.2. The summed E-state index contributed by atoms with van der Waals surface area (Å²) in [6.45, 7) is 2.01. The lowest BCUT2D eigenvalue weighted by Gasteiger charge is -2.23. The first-order valence-corrected chi connectivity index (χ1v) is 7.24. The fourth-order valence-electron chi connectivity index (χ4n) is 3.11. The van der Waals surface area contributed by atoms with Crippen LogP contribution in [0.5, 0.6) is 0 Å². The Hall–Kier alpha value is -1.57. The summed E-state index contributed by atoms with van der Waals surface area (Å²) in [5.41, 5.74) is 1.31. The van der Waals surface area contributed by atoms with Crippen LogP contribution >= 0.6 is 11.6 Å². The van der Waals surface area contributed by atoms with Crippen LogP contribution in [0.2, 0.25) is 5.02 Å². The molecule has 2 aliphatic rings. The van der Waals surface area contributed by atoms with Gasteiger partial charge < -0.3 is 10.6 Å². The molecule has 1 atom stereocenters. The molecule has 3 rings (SSSR count). The van der Waals surface area contributed by atoms with E-state index in [1.165, 1.54) is 0 Å². The number of amides is 1. The van der Waals surface area contributed by atoms with Crippen LogP contribution in [0.15, 0.2) is 18.2 Å². The van der Waals surface area contributed by atoms with Gasteiger partial charge >= 0.3 is 0 Å². The molecule has 1 saturated carbocycles. The van der Waals surface area contributed by atoms with Crippen molar-refractivity contribution in [1.82, 2.24) is 5.32 Å². The number of rotatable bonds is 2. The van der Waals surface area contributed by atoms with Gasteiger partial charge in [-0.3, -0.25) is 4.79 Å². The quantitative estimate of drug-likeness (QED) is 0.879. The van der Waals surface area contributed by atoms with Gasteiger partial charge in [-0.25, -0.2) is 0 Å². The van der Waals surface area contributed by atoms with Crippen LogP contribution in [-0.2, 0) is 4.79 Å². The van der Waals surface area contributed by atoms with Crippen molar-refractivity contribution in [3.8, 4) is 6.07 Å². The minimum atomic E-state index is 0.0766. The van der Waals surface area contributed by atoms with Gasteiger partial charge in [-0.15, -0.1) is 0 Å². The molecule has 1 aromatic carbocycles. The van der Waals surface area contributed by atoms with Gasteiger partial charge in [0.15, 0.2) is 0 Å². The van der Waals surface area contributed by atoms with E-state index in [2.05, 4.69) is 10.6 Å². The van der Waals surface area contributed by atoms with Crippen LogP contribution in [0, 0.1) is 22.7 Å². The second-order valence-corrected chi connectivity index (χ2v) is 6.07. The Labute approximate surface area is 123 Å². The smallest absolute Gasteiger partial charge is 0.228 e. The third-order valence-electron chi connectivity index (χ3n) is 4.46. The molecular weight excluding hydrogens is 274 g/mol. The van der Waals surface area contributed by atoms with Gasteiger partial charge in [0.1, 0.15) is 6.07 Å². The summed E-state index contributed by atoms with van der Waals surface area (Å²) in [4.78, 5) is 12.3. The number of hydrogen-bond acceptors (Lipinski definition) is 3. The fourth-order valence-corrected chi connectivity index (χ4v) is 3.33. The van der Waals surface area contributed by atoms with Gasteiger partial charge in [0.25, 0.3) is 0 Å². The number of anilines is 1. The van der Waals surface area contributed by atoms with E-state index in [0.717, 1.165) is 32.4 Å². The number of halogens is 1. The van der Waals surface area contributed by atoms with Crippen molar-refractivity contribution in [3.05, 3.63) is 28.8 Å². The average Bonchev–Trinajstić information content (AvgIpc) is 3.13. The zero-order valence-electron chi connectivity index (χ0n) is 11.1. The predicted molar refractivity (Wildman–Crippen MR) is 77.4 cm³/mol. The molecule has 1 spiro atoms. The van der Waals surface area contributed by atoms with Crippen molar-refractivity contribution in [2.45, 2.75) is 19.3 Å². The summed E-state index contributed by atoms with van der Waals surface area (Å²) < 4.78 is 0. The first kappa shape index (κ1) is 13.4. The molecule has 0 bridgehead atoms. The fraction of sp³-hybridized carbons (Fsp3) is 0.467. The van der Waals surface area contributed by atoms with E-state index in [0.29, 0.717) is 16.3 Å². The Kier molecular flexibility index (Phi) is 3.41. The van der Waals surface area contributed by atoms with Crippen LogP contribution in [0.4, 0.5) is 5.69 Å². The normalized spacial score (nSPS) is 23.1. The molecule has 1 saturated heterocycles. The van der Waals surface area contributed by atoms with Crippen LogP contribution < -0.4 is 10.6 Å². The largest absolute Gasteiger partial charge is 0.326 e. The summed E-state index contributed by atoms with van der Waals surface area (Å²) in [6.07, 6.45) is 3.16. The Morgan fingerprint density at radius 1 is 1.45 bits per heavy atom. The number of nitrogens with one attached hydrogen (secondary N) is 2. The standard InChI is InChI=1S/C15H16ClN3O/c16-13-7-11(2-1-10(13)9-17)19-14(20)12-8-15(12)3-5-18-6-4-15/h1-2,7,12,18H,3-6,8H2,(H,19,20). The van der Waals surface area contributed by atoms with Gasteiger partial charge in [0.05, 0.1) is 10.6 Å². The van der Waals surface area contributed by atoms with Crippen LogP contribution in [0.1, 0.15) is 24.8 Å². The molecule has 20 heavy (non-hydrogen) atoms. The molecule has 1 unspecified atom stereocenters. The second kappa shape index (κ2) is 5.08. The number of hydrogen-bond donors (Lipinski definition) is 2. The lowest BCUT2D eigenvalue weighted by molar-refractivity contribution is -0.118. The van der Waals surface area contributed by atoms with Crippen molar-refractivity contribution in [2.75, 3.05) is 18.4 Å². The molecule has 1 heterocycles. The second-order valence-electron chi connectivity index (χ2n) is 5.66. The van der Waals surface area contributed by atoms with Crippen LogP contribution in [-0.4, -0.2) is 19.0 Å². The molecule has 104 valence electrons. The minimum Gasteiger partial charge on any atom is -0.326 e. The highest BCUT2D eigenvalue weighted by Crippen LogP contribution is 2.58. The predicted octanol–water partition coefficient (Wildman–Crippen LogP) is 2.54. The summed E-state index contributed by atoms with van der Waals surface area (Å²) in [5.74, 6) is 0.201. The Morgan fingerprint density at radius 3 is 2.85 bits per heavy atom. The third kappa shape index (κ3) is 2.39. The van der Waals surface area contributed by atoms with Crippen molar-refractivity contribution in [1.29, 1.82) is 5.26 Å². The van der Waals surface area contributed by atoms with E-state index in [1.807, 2.05) is 6.07 Å². The van der Waals surface area contributed by atoms with Gasteiger partial charge in [-0.1, -0.05) is 11.6 Å². The highest BCUT2D eigenvalue weighted by Gasteiger charge is 2.57. The highest BCUT2D eigenvalue weighted by molar-refractivity contribution is 6.32. The van der Waals surface area contributed by atoms with E-state index < -0.39 is 0 Å². The van der Waals surface area contributed by atoms with Crippen molar-refractivity contribution < 1.29 is 4.79 Å². The molecule has 2 fully saturated rings. The maximum absolute atomic E-state index is 12.3. The van der Waals surface area contributed by atoms with Gasteiger partial charge in [0.2, 0.25) is 5.91 Å². The first-order chi connectivity index (χ1) is 9.64. The molecule has 0 aromatic heterocycles. The van der Waals surface area contributed by atoms with Crippen LogP contribution in [0.3, 0.4) is 0 Å². The number of carbonyl (C=O) groups excluding carboxylic acids is 1. The summed E-state index contributed by atoms with van der Waals surface area (Å²) in [6, 6.07) is 6.99. The number of nitriles is 1. The minimum absolute atomic E-state index is 0.0766. The summed E-state index contributed by atoms with van der Waals surface area (Å²) in [7, 11) is 0. The average molecular weight is 290 g/mol. The lowest BCUT2D eigenvalue weighted by atomic mass is 9.92. The monoisotopic (exact) mass is 289 g/mol. The SMILES string of the molecule is N#Cc1ccc(NC(=O)C2CC23CCNCC3)cc1Cl. The lowest BCUT2D eigenvalue weighted by Crippen LogP contribution is -2.31. The van der Waals surface area contributed by atoms with Gasteiger partial charge in [-0.2, -0.15) is 5.26 Å². The van der Waals surface area contributed by atoms with E-state index in [1.54, 1.807) is 18.2 Å². The Balaban J connectivity index is 1.65. The molecule has 4 nitrogen and oxygen atoms in total.